The van der Waals surface area contributed by atoms with E-state index >= 15 is 0 Å². The zero-order chi connectivity index (χ0) is 14.5. The fourth-order valence-corrected chi connectivity index (χ4v) is 3.60. The number of hydrogen-bond acceptors (Lipinski definition) is 3. The van der Waals surface area contributed by atoms with Crippen molar-refractivity contribution in [1.29, 1.82) is 0 Å². The molecule has 0 bridgehead atoms. The number of ether oxygens (including phenoxy) is 1. The van der Waals surface area contributed by atoms with Gasteiger partial charge in [-0.1, -0.05) is 0 Å². The van der Waals surface area contributed by atoms with Gasteiger partial charge >= 0.3 is 0 Å². The summed E-state index contributed by atoms with van der Waals surface area (Å²) in [4.78, 5) is 14.6. The molecule has 1 aliphatic carbocycles. The first kappa shape index (κ1) is 15.3. The Labute approximate surface area is 128 Å². The van der Waals surface area contributed by atoms with Gasteiger partial charge < -0.3 is 15.0 Å². The minimum Gasteiger partial charge on any atom is -0.381 e. The third kappa shape index (κ3) is 5.26. The van der Waals surface area contributed by atoms with Gasteiger partial charge in [-0.05, 0) is 69.4 Å². The van der Waals surface area contributed by atoms with Crippen LogP contribution in [0.5, 0.6) is 0 Å². The van der Waals surface area contributed by atoms with Crippen LogP contribution in [0.15, 0.2) is 0 Å². The first-order chi connectivity index (χ1) is 10.3. The Morgan fingerprint density at radius 2 is 1.86 bits per heavy atom. The van der Waals surface area contributed by atoms with Gasteiger partial charge in [0.1, 0.15) is 0 Å². The van der Waals surface area contributed by atoms with Crippen LogP contribution in [-0.4, -0.2) is 50.2 Å². The predicted molar refractivity (Wildman–Crippen MR) is 83.1 cm³/mol. The number of rotatable bonds is 6. The van der Waals surface area contributed by atoms with Crippen molar-refractivity contribution in [3.8, 4) is 0 Å². The van der Waals surface area contributed by atoms with Crippen LogP contribution in [0.2, 0.25) is 0 Å². The third-order valence-electron chi connectivity index (χ3n) is 5.24. The zero-order valence-electron chi connectivity index (χ0n) is 13.2. The Kier molecular flexibility index (Phi) is 5.53. The molecule has 1 atom stereocenters. The van der Waals surface area contributed by atoms with E-state index < -0.39 is 0 Å². The van der Waals surface area contributed by atoms with E-state index in [1.165, 1.54) is 45.3 Å². The largest absolute Gasteiger partial charge is 0.381 e. The molecule has 0 spiro atoms. The van der Waals surface area contributed by atoms with E-state index in [0.29, 0.717) is 18.3 Å². The second kappa shape index (κ2) is 7.59. The van der Waals surface area contributed by atoms with Gasteiger partial charge in [-0.3, -0.25) is 4.79 Å². The van der Waals surface area contributed by atoms with E-state index in [0.717, 1.165) is 38.5 Å². The number of amides is 1. The lowest BCUT2D eigenvalue weighted by atomic mass is 9.95. The Balaban J connectivity index is 1.27. The Hall–Kier alpha value is -0.610. The standard InChI is InChI=1S/C17H30N2O2/c20-17(10-16-2-1-9-21-13-16)18-11-14-5-7-19(8-6-14)12-15-3-4-15/h14-16H,1-13H2,(H,18,20). The lowest BCUT2D eigenvalue weighted by molar-refractivity contribution is -0.123. The molecular formula is C17H30N2O2. The van der Waals surface area contributed by atoms with Crippen LogP contribution in [0.3, 0.4) is 0 Å². The van der Waals surface area contributed by atoms with Crippen molar-refractivity contribution in [2.24, 2.45) is 17.8 Å². The molecule has 2 heterocycles. The molecule has 3 aliphatic rings. The van der Waals surface area contributed by atoms with Crippen molar-refractivity contribution in [3.05, 3.63) is 0 Å². The van der Waals surface area contributed by atoms with E-state index in [1.54, 1.807) is 0 Å². The van der Waals surface area contributed by atoms with Crippen LogP contribution >= 0.6 is 0 Å². The van der Waals surface area contributed by atoms with Gasteiger partial charge in [0.05, 0.1) is 0 Å². The Morgan fingerprint density at radius 3 is 2.52 bits per heavy atom. The van der Waals surface area contributed by atoms with Gasteiger partial charge in [0.15, 0.2) is 0 Å². The molecule has 1 saturated carbocycles. The lowest BCUT2D eigenvalue weighted by Gasteiger charge is -2.32. The summed E-state index contributed by atoms with van der Waals surface area (Å²) in [5.41, 5.74) is 0. The number of carbonyl (C=O) groups is 1. The maximum Gasteiger partial charge on any atom is 0.220 e. The molecule has 4 nitrogen and oxygen atoms in total. The van der Waals surface area contributed by atoms with Gasteiger partial charge in [-0.25, -0.2) is 0 Å². The van der Waals surface area contributed by atoms with Crippen molar-refractivity contribution < 1.29 is 9.53 Å². The minimum absolute atomic E-state index is 0.228. The van der Waals surface area contributed by atoms with Crippen LogP contribution < -0.4 is 5.32 Å². The summed E-state index contributed by atoms with van der Waals surface area (Å²) in [5, 5.41) is 3.15. The number of nitrogens with one attached hydrogen (secondary N) is 1. The van der Waals surface area contributed by atoms with Crippen molar-refractivity contribution in [2.75, 3.05) is 39.4 Å². The summed E-state index contributed by atoms with van der Waals surface area (Å²) in [6.45, 7) is 6.30. The summed E-state index contributed by atoms with van der Waals surface area (Å²) < 4.78 is 5.44. The summed E-state index contributed by atoms with van der Waals surface area (Å²) in [5.74, 6) is 2.36. The SMILES string of the molecule is O=C(CC1CCCOC1)NCC1CCN(CC2CC2)CC1. The van der Waals surface area contributed by atoms with Gasteiger partial charge in [0, 0.05) is 32.7 Å². The van der Waals surface area contributed by atoms with Gasteiger partial charge in [0.25, 0.3) is 0 Å². The number of piperidine rings is 1. The van der Waals surface area contributed by atoms with Crippen LogP contribution in [0.4, 0.5) is 0 Å². The second-order valence-corrected chi connectivity index (χ2v) is 7.28. The maximum atomic E-state index is 12.0. The topological polar surface area (TPSA) is 41.6 Å². The van der Waals surface area contributed by atoms with Crippen molar-refractivity contribution >= 4 is 5.91 Å². The smallest absolute Gasteiger partial charge is 0.220 e. The number of nitrogens with zero attached hydrogens (tertiary/aromatic N) is 1. The fraction of sp³-hybridized carbons (Fsp3) is 0.941. The summed E-state index contributed by atoms with van der Waals surface area (Å²) in [6.07, 6.45) is 8.30. The molecule has 21 heavy (non-hydrogen) atoms. The van der Waals surface area contributed by atoms with Gasteiger partial charge in [-0.15, -0.1) is 0 Å². The molecule has 0 aromatic carbocycles. The average Bonchev–Trinajstić information content (AvgIpc) is 3.32. The first-order valence-electron chi connectivity index (χ1n) is 8.86. The van der Waals surface area contributed by atoms with E-state index in [9.17, 15) is 4.79 Å². The van der Waals surface area contributed by atoms with Gasteiger partial charge in [0.2, 0.25) is 5.91 Å². The lowest BCUT2D eigenvalue weighted by Crippen LogP contribution is -2.39. The highest BCUT2D eigenvalue weighted by Crippen LogP contribution is 2.31. The molecule has 0 aromatic heterocycles. The molecule has 3 fully saturated rings. The molecule has 2 aliphatic heterocycles. The number of likely N-dealkylation sites (tertiary alicyclic amines) is 1. The Morgan fingerprint density at radius 1 is 1.05 bits per heavy atom. The number of carbonyl (C=O) groups excluding carboxylic acids is 1. The van der Waals surface area contributed by atoms with Crippen molar-refractivity contribution in [3.63, 3.8) is 0 Å². The van der Waals surface area contributed by atoms with Crippen molar-refractivity contribution in [2.45, 2.75) is 44.9 Å². The summed E-state index contributed by atoms with van der Waals surface area (Å²) in [7, 11) is 0. The molecule has 2 saturated heterocycles. The molecule has 1 unspecified atom stereocenters. The molecule has 1 N–H and O–H groups in total. The molecule has 0 aromatic rings. The van der Waals surface area contributed by atoms with Crippen LogP contribution in [-0.2, 0) is 9.53 Å². The highest BCUT2D eigenvalue weighted by Gasteiger charge is 2.27. The molecule has 3 rings (SSSR count). The number of hydrogen-bond donors (Lipinski definition) is 1. The zero-order valence-corrected chi connectivity index (χ0v) is 13.2. The van der Waals surface area contributed by atoms with Crippen LogP contribution in [0, 0.1) is 17.8 Å². The minimum atomic E-state index is 0.228. The normalized spacial score (nSPS) is 28.5. The molecule has 4 heteroatoms. The second-order valence-electron chi connectivity index (χ2n) is 7.28. The third-order valence-corrected chi connectivity index (χ3v) is 5.24. The van der Waals surface area contributed by atoms with E-state index in [-0.39, 0.29) is 5.91 Å². The predicted octanol–water partition coefficient (Wildman–Crippen LogP) is 2.04. The molecule has 1 amide bonds. The fourth-order valence-electron chi connectivity index (χ4n) is 3.60. The van der Waals surface area contributed by atoms with E-state index in [2.05, 4.69) is 10.2 Å². The summed E-state index contributed by atoms with van der Waals surface area (Å²) >= 11 is 0. The first-order valence-corrected chi connectivity index (χ1v) is 8.86. The molecular weight excluding hydrogens is 264 g/mol. The monoisotopic (exact) mass is 294 g/mol. The molecule has 0 radical (unpaired) electrons. The molecule has 120 valence electrons. The van der Waals surface area contributed by atoms with Crippen molar-refractivity contribution in [1.82, 2.24) is 10.2 Å². The Bertz CT molecular complexity index is 330. The van der Waals surface area contributed by atoms with Crippen LogP contribution in [0.1, 0.15) is 44.9 Å². The van der Waals surface area contributed by atoms with Crippen LogP contribution in [0.25, 0.3) is 0 Å². The quantitative estimate of drug-likeness (QED) is 0.815. The highest BCUT2D eigenvalue weighted by atomic mass is 16.5. The summed E-state index contributed by atoms with van der Waals surface area (Å²) in [6, 6.07) is 0. The maximum absolute atomic E-state index is 12.0. The average molecular weight is 294 g/mol. The highest BCUT2D eigenvalue weighted by molar-refractivity contribution is 5.76. The van der Waals surface area contributed by atoms with E-state index in [1.807, 2.05) is 0 Å². The van der Waals surface area contributed by atoms with Gasteiger partial charge in [-0.2, -0.15) is 0 Å². The van der Waals surface area contributed by atoms with E-state index in [4.69, 9.17) is 4.74 Å².